The lowest BCUT2D eigenvalue weighted by molar-refractivity contribution is 0.102. The number of nitrogens with one attached hydrogen (secondary N) is 1. The maximum absolute atomic E-state index is 12.2. The Bertz CT molecular complexity index is 962. The first-order chi connectivity index (χ1) is 11.6. The van der Waals surface area contributed by atoms with Crippen LogP contribution in [0.3, 0.4) is 0 Å². The summed E-state index contributed by atoms with van der Waals surface area (Å²) in [5.41, 5.74) is 2.15. The summed E-state index contributed by atoms with van der Waals surface area (Å²) >= 11 is 13.4. The van der Waals surface area contributed by atoms with Crippen LogP contribution in [-0.4, -0.2) is 10.9 Å². The number of nitriles is 1. The number of carbonyl (C=O) groups excluding carboxylic acids is 1. The van der Waals surface area contributed by atoms with Gasteiger partial charge in [0.1, 0.15) is 0 Å². The van der Waals surface area contributed by atoms with Gasteiger partial charge in [-0.1, -0.05) is 29.3 Å². The summed E-state index contributed by atoms with van der Waals surface area (Å²) in [6, 6.07) is 13.6. The van der Waals surface area contributed by atoms with Gasteiger partial charge in [-0.2, -0.15) is 5.26 Å². The van der Waals surface area contributed by atoms with Crippen LogP contribution in [0.25, 0.3) is 11.3 Å². The topological polar surface area (TPSA) is 65.8 Å². The number of hydrogen-bond donors (Lipinski definition) is 1. The number of carbonyl (C=O) groups is 1. The van der Waals surface area contributed by atoms with E-state index in [2.05, 4.69) is 10.3 Å². The highest BCUT2D eigenvalue weighted by Crippen LogP contribution is 2.32. The molecule has 0 radical (unpaired) electrons. The Morgan fingerprint density at radius 3 is 2.83 bits per heavy atom. The van der Waals surface area contributed by atoms with Gasteiger partial charge in [-0.25, -0.2) is 4.98 Å². The first-order valence-electron chi connectivity index (χ1n) is 6.79. The lowest BCUT2D eigenvalue weighted by Gasteiger charge is -2.03. The highest BCUT2D eigenvalue weighted by Gasteiger charge is 2.12. The zero-order valence-electron chi connectivity index (χ0n) is 12.1. The molecule has 1 N–H and O–H groups in total. The molecule has 1 aromatic heterocycles. The van der Waals surface area contributed by atoms with Crippen LogP contribution in [0.5, 0.6) is 0 Å². The number of thiazole rings is 1. The van der Waals surface area contributed by atoms with Gasteiger partial charge in [0.2, 0.25) is 0 Å². The zero-order valence-corrected chi connectivity index (χ0v) is 14.4. The molecule has 0 saturated heterocycles. The lowest BCUT2D eigenvalue weighted by Crippen LogP contribution is -2.11. The van der Waals surface area contributed by atoms with Crippen molar-refractivity contribution in [3.63, 3.8) is 0 Å². The number of hydrogen-bond acceptors (Lipinski definition) is 4. The average Bonchev–Trinajstić information content (AvgIpc) is 3.05. The molecule has 118 valence electrons. The molecule has 3 rings (SSSR count). The predicted molar refractivity (Wildman–Crippen MR) is 96.7 cm³/mol. The van der Waals surface area contributed by atoms with Gasteiger partial charge in [0.15, 0.2) is 5.13 Å². The van der Waals surface area contributed by atoms with Crippen LogP contribution in [0.1, 0.15) is 15.9 Å². The van der Waals surface area contributed by atoms with E-state index in [4.69, 9.17) is 28.5 Å². The quantitative estimate of drug-likeness (QED) is 0.682. The highest BCUT2D eigenvalue weighted by atomic mass is 35.5. The molecule has 2 aromatic carbocycles. The molecule has 24 heavy (non-hydrogen) atoms. The third-order valence-corrected chi connectivity index (χ3v) is 4.51. The van der Waals surface area contributed by atoms with Gasteiger partial charge < -0.3 is 0 Å². The second kappa shape index (κ2) is 7.02. The van der Waals surface area contributed by atoms with Gasteiger partial charge in [0.25, 0.3) is 5.91 Å². The molecule has 0 aliphatic rings. The van der Waals surface area contributed by atoms with Crippen LogP contribution in [0.4, 0.5) is 5.13 Å². The minimum Gasteiger partial charge on any atom is -0.298 e. The average molecular weight is 374 g/mol. The molecule has 0 fully saturated rings. The molecule has 0 bridgehead atoms. The Labute approximate surface area is 152 Å². The van der Waals surface area contributed by atoms with Crippen molar-refractivity contribution in [2.24, 2.45) is 0 Å². The third-order valence-electron chi connectivity index (χ3n) is 3.18. The van der Waals surface area contributed by atoms with Crippen LogP contribution >= 0.6 is 34.5 Å². The Hall–Kier alpha value is -2.39. The number of aromatic nitrogens is 1. The van der Waals surface area contributed by atoms with Gasteiger partial charge in [-0.05, 0) is 36.4 Å². The van der Waals surface area contributed by atoms with Crippen molar-refractivity contribution in [3.8, 4) is 17.3 Å². The van der Waals surface area contributed by atoms with Gasteiger partial charge >= 0.3 is 0 Å². The number of amides is 1. The summed E-state index contributed by atoms with van der Waals surface area (Å²) in [4.78, 5) is 16.6. The Kier molecular flexibility index (Phi) is 4.81. The molecule has 3 aromatic rings. The smallest absolute Gasteiger partial charge is 0.257 e. The lowest BCUT2D eigenvalue weighted by atomic mass is 10.1. The number of benzene rings is 2. The SMILES string of the molecule is N#Cc1cccc(C(=O)Nc2nc(-c3cc(Cl)ccc3Cl)cs2)c1. The number of anilines is 1. The van der Waals surface area contributed by atoms with E-state index in [1.807, 2.05) is 6.07 Å². The van der Waals surface area contributed by atoms with Gasteiger partial charge in [0.05, 0.1) is 22.3 Å². The molecule has 0 spiro atoms. The van der Waals surface area contributed by atoms with Crippen LogP contribution in [-0.2, 0) is 0 Å². The molecule has 4 nitrogen and oxygen atoms in total. The number of nitrogens with zero attached hydrogens (tertiary/aromatic N) is 2. The number of halogens is 2. The molecular weight excluding hydrogens is 365 g/mol. The second-order valence-corrected chi connectivity index (χ2v) is 6.51. The van der Waals surface area contributed by atoms with Crippen molar-refractivity contribution in [1.29, 1.82) is 5.26 Å². The Morgan fingerprint density at radius 2 is 2.04 bits per heavy atom. The third kappa shape index (κ3) is 3.57. The largest absolute Gasteiger partial charge is 0.298 e. The maximum Gasteiger partial charge on any atom is 0.257 e. The van der Waals surface area contributed by atoms with Crippen molar-refractivity contribution in [3.05, 3.63) is 69.0 Å². The molecule has 1 amide bonds. The van der Waals surface area contributed by atoms with Crippen LogP contribution in [0.15, 0.2) is 47.8 Å². The molecule has 0 saturated carbocycles. The van der Waals surface area contributed by atoms with Crippen molar-refractivity contribution in [2.75, 3.05) is 5.32 Å². The van der Waals surface area contributed by atoms with E-state index in [-0.39, 0.29) is 5.91 Å². The minimum atomic E-state index is -0.329. The van der Waals surface area contributed by atoms with E-state index >= 15 is 0 Å². The van der Waals surface area contributed by atoms with Crippen molar-refractivity contribution >= 4 is 45.6 Å². The molecule has 0 aliphatic heterocycles. The second-order valence-electron chi connectivity index (χ2n) is 4.81. The number of rotatable bonds is 3. The molecule has 1 heterocycles. The van der Waals surface area contributed by atoms with E-state index in [0.717, 1.165) is 0 Å². The summed E-state index contributed by atoms with van der Waals surface area (Å²) < 4.78 is 0. The standard InChI is InChI=1S/C17H9Cl2N3OS/c18-12-4-5-14(19)13(7-12)15-9-24-17(21-15)22-16(23)11-3-1-2-10(6-11)8-20/h1-7,9H,(H,21,22,23). The minimum absolute atomic E-state index is 0.329. The fourth-order valence-electron chi connectivity index (χ4n) is 2.05. The first-order valence-corrected chi connectivity index (χ1v) is 8.43. The van der Waals surface area contributed by atoms with E-state index in [1.165, 1.54) is 17.4 Å². The summed E-state index contributed by atoms with van der Waals surface area (Å²) in [7, 11) is 0. The van der Waals surface area contributed by atoms with Crippen LogP contribution in [0.2, 0.25) is 10.0 Å². The van der Waals surface area contributed by atoms with Gasteiger partial charge in [-0.3, -0.25) is 10.1 Å². The predicted octanol–water partition coefficient (Wildman–Crippen LogP) is 5.24. The van der Waals surface area contributed by atoms with E-state index in [1.54, 1.807) is 41.8 Å². The highest BCUT2D eigenvalue weighted by molar-refractivity contribution is 7.14. The van der Waals surface area contributed by atoms with E-state index in [0.29, 0.717) is 37.6 Å². The fraction of sp³-hybridized carbons (Fsp3) is 0. The summed E-state index contributed by atoms with van der Waals surface area (Å²) in [6.07, 6.45) is 0. The normalized spacial score (nSPS) is 10.2. The zero-order chi connectivity index (χ0) is 17.1. The summed E-state index contributed by atoms with van der Waals surface area (Å²) in [5.74, 6) is -0.329. The van der Waals surface area contributed by atoms with Crippen LogP contribution < -0.4 is 5.32 Å². The maximum atomic E-state index is 12.2. The summed E-state index contributed by atoms with van der Waals surface area (Å²) in [6.45, 7) is 0. The van der Waals surface area contributed by atoms with E-state index in [9.17, 15) is 4.79 Å². The molecular formula is C17H9Cl2N3OS. The van der Waals surface area contributed by atoms with Crippen molar-refractivity contribution in [1.82, 2.24) is 4.98 Å². The van der Waals surface area contributed by atoms with Crippen molar-refractivity contribution < 1.29 is 4.79 Å². The Morgan fingerprint density at radius 1 is 1.21 bits per heavy atom. The monoisotopic (exact) mass is 373 g/mol. The van der Waals surface area contributed by atoms with E-state index < -0.39 is 0 Å². The first kappa shape index (κ1) is 16.5. The van der Waals surface area contributed by atoms with Crippen molar-refractivity contribution in [2.45, 2.75) is 0 Å². The van der Waals surface area contributed by atoms with Crippen LogP contribution in [0, 0.1) is 11.3 Å². The molecule has 0 atom stereocenters. The molecule has 0 unspecified atom stereocenters. The van der Waals surface area contributed by atoms with Gasteiger partial charge in [-0.15, -0.1) is 11.3 Å². The summed E-state index contributed by atoms with van der Waals surface area (Å²) in [5, 5.41) is 14.9. The van der Waals surface area contributed by atoms with Gasteiger partial charge in [0, 0.05) is 21.5 Å². The molecule has 7 heteroatoms. The fourth-order valence-corrected chi connectivity index (χ4v) is 3.14. The molecule has 0 aliphatic carbocycles. The Balaban J connectivity index is 1.82.